The first-order valence-corrected chi connectivity index (χ1v) is 18.0. The van der Waals surface area contributed by atoms with Crippen LogP contribution in [0.2, 0.25) is 0 Å². The summed E-state index contributed by atoms with van der Waals surface area (Å²) in [6.07, 6.45) is 40.1. The van der Waals surface area contributed by atoms with Gasteiger partial charge in [0.15, 0.2) is 6.10 Å². The van der Waals surface area contributed by atoms with Gasteiger partial charge in [0.05, 0.1) is 12.7 Å². The second-order valence-corrected chi connectivity index (χ2v) is 12.2. The van der Waals surface area contributed by atoms with Crippen LogP contribution in [0.4, 0.5) is 0 Å². The number of carbonyl (C=O) groups is 2. The van der Waals surface area contributed by atoms with E-state index in [1.807, 2.05) is 12.2 Å². The van der Waals surface area contributed by atoms with Crippen LogP contribution in [0, 0.1) is 5.92 Å². The zero-order valence-electron chi connectivity index (χ0n) is 29.3. The molecular formula is C40H66O6. The molecule has 0 heterocycles. The number of rotatable bonds is 30. The first-order valence-electron chi connectivity index (χ1n) is 18.0. The molecule has 0 aromatic carbocycles. The number of unbranched alkanes of at least 4 members (excludes halogenated alkanes) is 8. The van der Waals surface area contributed by atoms with Gasteiger partial charge in [0.2, 0.25) is 0 Å². The fourth-order valence-electron chi connectivity index (χ4n) is 4.55. The Morgan fingerprint density at radius 2 is 1.15 bits per heavy atom. The van der Waals surface area contributed by atoms with Gasteiger partial charge in [-0.15, -0.1) is 0 Å². The summed E-state index contributed by atoms with van der Waals surface area (Å²) in [5, 5.41) is 19.6. The fourth-order valence-corrected chi connectivity index (χ4v) is 4.55. The van der Waals surface area contributed by atoms with Gasteiger partial charge in [-0.1, -0.05) is 151 Å². The van der Waals surface area contributed by atoms with Crippen LogP contribution in [0.15, 0.2) is 72.9 Å². The van der Waals surface area contributed by atoms with E-state index in [9.17, 15) is 19.8 Å². The van der Waals surface area contributed by atoms with Gasteiger partial charge in [0, 0.05) is 12.8 Å². The van der Waals surface area contributed by atoms with Gasteiger partial charge in [-0.05, 0) is 50.9 Å². The van der Waals surface area contributed by atoms with E-state index < -0.39 is 24.8 Å². The van der Waals surface area contributed by atoms with Crippen molar-refractivity contribution in [2.75, 3.05) is 13.2 Å². The molecule has 0 amide bonds. The zero-order valence-corrected chi connectivity index (χ0v) is 29.3. The van der Waals surface area contributed by atoms with Crippen LogP contribution in [0.1, 0.15) is 136 Å². The minimum atomic E-state index is -0.868. The number of esters is 2. The van der Waals surface area contributed by atoms with E-state index in [1.165, 1.54) is 44.9 Å². The number of aliphatic hydroxyl groups excluding tert-OH is 2. The number of aliphatic hydroxyl groups is 2. The molecule has 0 saturated carbocycles. The van der Waals surface area contributed by atoms with Crippen LogP contribution in [-0.4, -0.2) is 47.6 Å². The van der Waals surface area contributed by atoms with Crippen molar-refractivity contribution in [3.8, 4) is 0 Å². The molecule has 0 spiro atoms. The molecule has 0 aliphatic heterocycles. The van der Waals surface area contributed by atoms with Crippen molar-refractivity contribution in [1.29, 1.82) is 0 Å². The minimum absolute atomic E-state index is 0.0290. The second kappa shape index (κ2) is 33.7. The van der Waals surface area contributed by atoms with Gasteiger partial charge in [-0.2, -0.15) is 0 Å². The highest BCUT2D eigenvalue weighted by molar-refractivity contribution is 5.70. The number of hydrogen-bond donors (Lipinski definition) is 2. The molecule has 2 atom stereocenters. The summed E-state index contributed by atoms with van der Waals surface area (Å²) in [6, 6.07) is 0. The first kappa shape index (κ1) is 43.3. The van der Waals surface area contributed by atoms with Crippen molar-refractivity contribution in [2.45, 2.75) is 149 Å². The van der Waals surface area contributed by atoms with Gasteiger partial charge in [-0.25, -0.2) is 0 Å². The Hall–Kier alpha value is -2.70. The van der Waals surface area contributed by atoms with Gasteiger partial charge in [0.1, 0.15) is 6.61 Å². The van der Waals surface area contributed by atoms with E-state index in [1.54, 1.807) is 12.2 Å². The molecule has 6 heteroatoms. The van der Waals surface area contributed by atoms with Crippen molar-refractivity contribution >= 4 is 11.9 Å². The third-order valence-corrected chi connectivity index (χ3v) is 7.31. The van der Waals surface area contributed by atoms with Crippen LogP contribution in [-0.2, 0) is 19.1 Å². The molecule has 1 unspecified atom stereocenters. The average molecular weight is 643 g/mol. The summed E-state index contributed by atoms with van der Waals surface area (Å²) in [4.78, 5) is 24.2. The molecule has 0 aromatic heterocycles. The highest BCUT2D eigenvalue weighted by Crippen LogP contribution is 2.14. The van der Waals surface area contributed by atoms with Crippen molar-refractivity contribution in [2.24, 2.45) is 5.92 Å². The lowest BCUT2D eigenvalue weighted by molar-refractivity contribution is -0.161. The Morgan fingerprint density at radius 1 is 0.630 bits per heavy atom. The highest BCUT2D eigenvalue weighted by Gasteiger charge is 2.16. The Labute approximate surface area is 281 Å². The number of hydrogen-bond acceptors (Lipinski definition) is 6. The summed E-state index contributed by atoms with van der Waals surface area (Å²) < 4.78 is 10.4. The summed E-state index contributed by atoms with van der Waals surface area (Å²) in [6.45, 7) is 6.09. The predicted octanol–water partition coefficient (Wildman–Crippen LogP) is 9.83. The van der Waals surface area contributed by atoms with Crippen molar-refractivity contribution in [1.82, 2.24) is 0 Å². The summed E-state index contributed by atoms with van der Waals surface area (Å²) in [5.41, 5.74) is 0. The zero-order chi connectivity index (χ0) is 33.9. The number of ether oxygens (including phenoxy) is 2. The summed E-state index contributed by atoms with van der Waals surface area (Å²) >= 11 is 0. The lowest BCUT2D eigenvalue weighted by Crippen LogP contribution is -2.28. The normalized spacial score (nSPS) is 13.9. The van der Waals surface area contributed by atoms with Gasteiger partial charge in [-0.3, -0.25) is 9.59 Å². The molecule has 6 nitrogen and oxygen atoms in total. The van der Waals surface area contributed by atoms with E-state index in [-0.39, 0.29) is 25.4 Å². The maximum Gasteiger partial charge on any atom is 0.306 e. The van der Waals surface area contributed by atoms with Crippen LogP contribution in [0.5, 0.6) is 0 Å². The predicted molar refractivity (Wildman–Crippen MR) is 192 cm³/mol. The minimum Gasteiger partial charge on any atom is -0.462 e. The van der Waals surface area contributed by atoms with E-state index in [2.05, 4.69) is 69.4 Å². The number of allylic oxidation sites excluding steroid dienone is 11. The topological polar surface area (TPSA) is 93.1 Å². The maximum atomic E-state index is 12.1. The summed E-state index contributed by atoms with van der Waals surface area (Å²) in [7, 11) is 0. The molecule has 0 radical (unpaired) electrons. The maximum absolute atomic E-state index is 12.1. The van der Waals surface area contributed by atoms with Crippen LogP contribution >= 0.6 is 0 Å². The Balaban J connectivity index is 3.87. The molecule has 0 aliphatic rings. The lowest BCUT2D eigenvalue weighted by atomic mass is 10.0. The quantitative estimate of drug-likeness (QED) is 0.0351. The van der Waals surface area contributed by atoms with Crippen LogP contribution < -0.4 is 0 Å². The molecule has 0 saturated heterocycles. The SMILES string of the molecule is CC/C=C\C/C=C\C/C=C\C/C=C\C/C=C\C=C/C(O)CCC(=O)OC[C@H](CO)OC(=O)CCCCCCCCCCCC(C)C. The van der Waals surface area contributed by atoms with Gasteiger partial charge < -0.3 is 19.7 Å². The molecule has 0 aliphatic carbocycles. The largest absolute Gasteiger partial charge is 0.462 e. The molecule has 0 bridgehead atoms. The lowest BCUT2D eigenvalue weighted by Gasteiger charge is -2.16. The average Bonchev–Trinajstić information content (AvgIpc) is 3.04. The Morgan fingerprint density at radius 3 is 1.70 bits per heavy atom. The molecule has 262 valence electrons. The number of carbonyl (C=O) groups excluding carboxylic acids is 2. The van der Waals surface area contributed by atoms with Crippen LogP contribution in [0.25, 0.3) is 0 Å². The molecule has 46 heavy (non-hydrogen) atoms. The smallest absolute Gasteiger partial charge is 0.306 e. The summed E-state index contributed by atoms with van der Waals surface area (Å²) in [5.74, 6) is -0.0817. The standard InChI is InChI=1S/C40H66O6/c1-4-5-6-7-8-9-10-11-12-13-14-15-18-21-24-27-30-37(42)32-33-39(43)45-35-38(34-41)46-40(44)31-28-25-22-19-16-17-20-23-26-29-36(2)3/h5-6,8-9,11-12,14-15,21,24,27,30,36-38,41-42H,4,7,10,13,16-20,22-23,25-26,28-29,31-35H2,1-3H3/b6-5-,9-8-,12-11-,15-14-,24-21-,30-27-/t37?,38-/m0/s1. The molecule has 0 rings (SSSR count). The Kier molecular flexibility index (Phi) is 31.7. The molecular weight excluding hydrogens is 576 g/mol. The molecule has 2 N–H and O–H groups in total. The molecule has 0 fully saturated rings. The van der Waals surface area contributed by atoms with Crippen molar-refractivity contribution < 1.29 is 29.3 Å². The third-order valence-electron chi connectivity index (χ3n) is 7.31. The van der Waals surface area contributed by atoms with E-state index in [0.29, 0.717) is 6.42 Å². The van der Waals surface area contributed by atoms with E-state index in [0.717, 1.165) is 57.3 Å². The second-order valence-electron chi connectivity index (χ2n) is 12.2. The van der Waals surface area contributed by atoms with Crippen molar-refractivity contribution in [3.63, 3.8) is 0 Å². The van der Waals surface area contributed by atoms with Gasteiger partial charge in [0.25, 0.3) is 0 Å². The molecule has 0 aromatic rings. The van der Waals surface area contributed by atoms with E-state index in [4.69, 9.17) is 9.47 Å². The van der Waals surface area contributed by atoms with E-state index >= 15 is 0 Å². The van der Waals surface area contributed by atoms with Crippen molar-refractivity contribution in [3.05, 3.63) is 72.9 Å². The van der Waals surface area contributed by atoms with Gasteiger partial charge >= 0.3 is 11.9 Å². The Bertz CT molecular complexity index is 895. The fraction of sp³-hybridized carbons (Fsp3) is 0.650. The first-order chi connectivity index (χ1) is 22.4. The highest BCUT2D eigenvalue weighted by atomic mass is 16.6. The van der Waals surface area contributed by atoms with Crippen LogP contribution in [0.3, 0.4) is 0 Å². The monoisotopic (exact) mass is 642 g/mol. The third kappa shape index (κ3) is 32.7.